The lowest BCUT2D eigenvalue weighted by atomic mass is 10.0. The fourth-order valence-corrected chi connectivity index (χ4v) is 1.43. The number of benzene rings is 1. The van der Waals surface area contributed by atoms with Crippen LogP contribution in [0.5, 0.6) is 0 Å². The second-order valence-electron chi connectivity index (χ2n) is 4.61. The maximum absolute atomic E-state index is 13.7. The van der Waals surface area contributed by atoms with E-state index in [9.17, 15) is 13.9 Å². The molecule has 0 aliphatic heterocycles. The average molecular weight is 243 g/mol. The molecule has 1 rings (SSSR count). The fraction of sp³-hybridized carbons (Fsp3) is 0.538. The van der Waals surface area contributed by atoms with Crippen molar-refractivity contribution in [2.45, 2.75) is 38.8 Å². The summed E-state index contributed by atoms with van der Waals surface area (Å²) in [6, 6.07) is 6.45. The Balaban J connectivity index is 2.73. The van der Waals surface area contributed by atoms with Crippen LogP contribution in [-0.4, -0.2) is 23.6 Å². The summed E-state index contributed by atoms with van der Waals surface area (Å²) in [7, 11) is 0. The van der Waals surface area contributed by atoms with Crippen LogP contribution < -0.4 is 5.32 Å². The van der Waals surface area contributed by atoms with Gasteiger partial charge in [0.2, 0.25) is 0 Å². The van der Waals surface area contributed by atoms with E-state index in [1.165, 1.54) is 12.1 Å². The summed E-state index contributed by atoms with van der Waals surface area (Å²) in [4.78, 5) is 0. The Bertz CT molecular complexity index is 349. The van der Waals surface area contributed by atoms with Gasteiger partial charge in [-0.05, 0) is 12.5 Å². The summed E-state index contributed by atoms with van der Waals surface area (Å²) in [5, 5.41) is 12.3. The minimum Gasteiger partial charge on any atom is -0.382 e. The van der Waals surface area contributed by atoms with Crippen molar-refractivity contribution in [2.24, 2.45) is 0 Å². The Hall–Kier alpha value is -1.00. The van der Waals surface area contributed by atoms with Gasteiger partial charge in [0, 0.05) is 6.04 Å². The number of halogens is 2. The molecule has 0 fully saturated rings. The molecule has 1 aromatic rings. The molecule has 2 N–H and O–H groups in total. The standard InChI is InChI=1S/C13H19F2NO/c1-9(2)16-8-13(14,15)12(17)11-6-4-10(3)5-7-11/h4-7,9,12,16-17H,8H2,1-3H3. The Morgan fingerprint density at radius 2 is 1.76 bits per heavy atom. The van der Waals surface area contributed by atoms with Crippen molar-refractivity contribution in [1.29, 1.82) is 0 Å². The van der Waals surface area contributed by atoms with Crippen LogP contribution in [0.3, 0.4) is 0 Å². The Morgan fingerprint density at radius 3 is 2.24 bits per heavy atom. The van der Waals surface area contributed by atoms with Gasteiger partial charge >= 0.3 is 0 Å². The quantitative estimate of drug-likeness (QED) is 0.833. The van der Waals surface area contributed by atoms with Crippen molar-refractivity contribution in [1.82, 2.24) is 5.32 Å². The van der Waals surface area contributed by atoms with Crippen molar-refractivity contribution < 1.29 is 13.9 Å². The zero-order valence-corrected chi connectivity index (χ0v) is 10.4. The van der Waals surface area contributed by atoms with E-state index in [0.29, 0.717) is 0 Å². The van der Waals surface area contributed by atoms with E-state index in [-0.39, 0.29) is 11.6 Å². The molecule has 0 aliphatic carbocycles. The minimum absolute atomic E-state index is 0.0360. The zero-order chi connectivity index (χ0) is 13.1. The van der Waals surface area contributed by atoms with Crippen molar-refractivity contribution >= 4 is 0 Å². The van der Waals surface area contributed by atoms with Gasteiger partial charge in [-0.3, -0.25) is 0 Å². The summed E-state index contributed by atoms with van der Waals surface area (Å²) in [6.07, 6.45) is -1.77. The number of hydrogen-bond acceptors (Lipinski definition) is 2. The first-order valence-corrected chi connectivity index (χ1v) is 5.69. The minimum atomic E-state index is -3.17. The van der Waals surface area contributed by atoms with Gasteiger partial charge in [-0.1, -0.05) is 43.7 Å². The summed E-state index contributed by atoms with van der Waals surface area (Å²) >= 11 is 0. The molecule has 0 saturated carbocycles. The fourth-order valence-electron chi connectivity index (χ4n) is 1.43. The molecule has 0 bridgehead atoms. The Morgan fingerprint density at radius 1 is 1.24 bits per heavy atom. The highest BCUT2D eigenvalue weighted by atomic mass is 19.3. The SMILES string of the molecule is Cc1ccc(C(O)C(F)(F)CNC(C)C)cc1. The van der Waals surface area contributed by atoms with Gasteiger partial charge in [0.1, 0.15) is 6.10 Å². The smallest absolute Gasteiger partial charge is 0.289 e. The molecule has 96 valence electrons. The third kappa shape index (κ3) is 4.06. The molecule has 0 heterocycles. The van der Waals surface area contributed by atoms with Gasteiger partial charge in [0.15, 0.2) is 0 Å². The highest BCUT2D eigenvalue weighted by Gasteiger charge is 2.39. The normalized spacial score (nSPS) is 14.1. The monoisotopic (exact) mass is 243 g/mol. The lowest BCUT2D eigenvalue weighted by Crippen LogP contribution is -2.40. The molecule has 1 unspecified atom stereocenters. The molecule has 0 aromatic heterocycles. The first-order valence-electron chi connectivity index (χ1n) is 5.69. The number of hydrogen-bond donors (Lipinski definition) is 2. The summed E-state index contributed by atoms with van der Waals surface area (Å²) in [5.41, 5.74) is 1.22. The molecule has 1 atom stereocenters. The molecule has 0 aliphatic rings. The Kier molecular flexibility index (Phi) is 4.60. The number of aliphatic hydroxyl groups is 1. The first-order chi connectivity index (χ1) is 7.83. The Labute approximate surface area is 101 Å². The molecule has 0 spiro atoms. The predicted octanol–water partition coefficient (Wildman–Crippen LogP) is 2.66. The maximum atomic E-state index is 13.7. The number of nitrogens with one attached hydrogen (secondary N) is 1. The molecule has 0 radical (unpaired) electrons. The second kappa shape index (κ2) is 5.56. The molecule has 2 nitrogen and oxygen atoms in total. The summed E-state index contributed by atoms with van der Waals surface area (Å²) < 4.78 is 27.3. The van der Waals surface area contributed by atoms with Crippen molar-refractivity contribution in [3.63, 3.8) is 0 Å². The van der Waals surface area contributed by atoms with E-state index in [1.807, 2.05) is 6.92 Å². The molecule has 4 heteroatoms. The molecule has 1 aromatic carbocycles. The topological polar surface area (TPSA) is 32.3 Å². The zero-order valence-electron chi connectivity index (χ0n) is 10.4. The molecule has 0 amide bonds. The van der Waals surface area contributed by atoms with Gasteiger partial charge in [-0.15, -0.1) is 0 Å². The summed E-state index contributed by atoms with van der Waals surface area (Å²) in [6.45, 7) is 4.91. The average Bonchev–Trinajstić information content (AvgIpc) is 2.27. The van der Waals surface area contributed by atoms with Crippen LogP contribution in [0, 0.1) is 6.92 Å². The van der Waals surface area contributed by atoms with E-state index >= 15 is 0 Å². The van der Waals surface area contributed by atoms with E-state index in [0.717, 1.165) is 5.56 Å². The predicted molar refractivity (Wildman–Crippen MR) is 64.2 cm³/mol. The third-order valence-electron chi connectivity index (χ3n) is 2.54. The van der Waals surface area contributed by atoms with Crippen molar-refractivity contribution in [2.75, 3.05) is 6.54 Å². The highest BCUT2D eigenvalue weighted by molar-refractivity contribution is 5.24. The lowest BCUT2D eigenvalue weighted by Gasteiger charge is -2.24. The largest absolute Gasteiger partial charge is 0.382 e. The van der Waals surface area contributed by atoms with E-state index < -0.39 is 18.6 Å². The van der Waals surface area contributed by atoms with E-state index in [1.54, 1.807) is 26.0 Å². The van der Waals surface area contributed by atoms with E-state index in [2.05, 4.69) is 5.32 Å². The van der Waals surface area contributed by atoms with Crippen molar-refractivity contribution in [3.8, 4) is 0 Å². The van der Waals surface area contributed by atoms with Gasteiger partial charge in [0.05, 0.1) is 6.54 Å². The van der Waals surface area contributed by atoms with Crippen LogP contribution in [0.2, 0.25) is 0 Å². The molecule has 17 heavy (non-hydrogen) atoms. The van der Waals surface area contributed by atoms with Gasteiger partial charge in [-0.25, -0.2) is 8.78 Å². The number of aryl methyl sites for hydroxylation is 1. The summed E-state index contributed by atoms with van der Waals surface area (Å²) in [5.74, 6) is -3.17. The van der Waals surface area contributed by atoms with E-state index in [4.69, 9.17) is 0 Å². The molecule has 0 saturated heterocycles. The van der Waals surface area contributed by atoms with Crippen LogP contribution in [0.4, 0.5) is 8.78 Å². The third-order valence-corrected chi connectivity index (χ3v) is 2.54. The maximum Gasteiger partial charge on any atom is 0.289 e. The van der Waals surface area contributed by atoms with Crippen LogP contribution in [0.1, 0.15) is 31.1 Å². The number of alkyl halides is 2. The van der Waals surface area contributed by atoms with Crippen LogP contribution in [0.15, 0.2) is 24.3 Å². The second-order valence-corrected chi connectivity index (χ2v) is 4.61. The number of aliphatic hydroxyl groups excluding tert-OH is 1. The van der Waals surface area contributed by atoms with Crippen LogP contribution >= 0.6 is 0 Å². The van der Waals surface area contributed by atoms with Crippen LogP contribution in [0.25, 0.3) is 0 Å². The molecular weight excluding hydrogens is 224 g/mol. The number of rotatable bonds is 5. The van der Waals surface area contributed by atoms with Gasteiger partial charge < -0.3 is 10.4 Å². The highest BCUT2D eigenvalue weighted by Crippen LogP contribution is 2.30. The first kappa shape index (κ1) is 14.1. The molecular formula is C13H19F2NO. The van der Waals surface area contributed by atoms with Crippen molar-refractivity contribution in [3.05, 3.63) is 35.4 Å². The van der Waals surface area contributed by atoms with Crippen LogP contribution in [-0.2, 0) is 0 Å². The lowest BCUT2D eigenvalue weighted by molar-refractivity contribution is -0.108. The van der Waals surface area contributed by atoms with Gasteiger partial charge in [-0.2, -0.15) is 0 Å². The van der Waals surface area contributed by atoms with Gasteiger partial charge in [0.25, 0.3) is 5.92 Å².